The molecular weight excluding hydrogens is 226 g/mol. The van der Waals surface area contributed by atoms with Gasteiger partial charge in [-0.1, -0.05) is 11.6 Å². The molecule has 0 saturated heterocycles. The van der Waals surface area contributed by atoms with E-state index in [9.17, 15) is 0 Å². The van der Waals surface area contributed by atoms with E-state index in [1.165, 1.54) is 0 Å². The Morgan fingerprint density at radius 1 is 1.38 bits per heavy atom. The van der Waals surface area contributed by atoms with Crippen LogP contribution in [0.1, 0.15) is 19.4 Å². The zero-order valence-electron chi connectivity index (χ0n) is 9.37. The predicted octanol–water partition coefficient (Wildman–Crippen LogP) is 3.02. The number of rotatable bonds is 5. The van der Waals surface area contributed by atoms with Gasteiger partial charge in [-0.2, -0.15) is 5.26 Å². The van der Waals surface area contributed by atoms with E-state index in [2.05, 4.69) is 0 Å². The van der Waals surface area contributed by atoms with Gasteiger partial charge in [0.05, 0.1) is 29.4 Å². The summed E-state index contributed by atoms with van der Waals surface area (Å²) in [5.74, 6) is 0.577. The molecule has 0 unspecified atom stereocenters. The normalized spacial score (nSPS) is 10.2. The van der Waals surface area contributed by atoms with E-state index in [0.29, 0.717) is 29.5 Å². The summed E-state index contributed by atoms with van der Waals surface area (Å²) in [7, 11) is 0. The van der Waals surface area contributed by atoms with Crippen LogP contribution in [0.5, 0.6) is 5.75 Å². The van der Waals surface area contributed by atoms with Crippen LogP contribution in [0.2, 0.25) is 5.02 Å². The molecule has 0 N–H and O–H groups in total. The lowest BCUT2D eigenvalue weighted by molar-refractivity contribution is 0.0553. The Bertz CT molecular complexity index is 385. The molecule has 1 aromatic carbocycles. The Kier molecular flexibility index (Phi) is 5.10. The minimum atomic E-state index is 0.194. The third kappa shape index (κ3) is 4.09. The fourth-order valence-electron chi connectivity index (χ4n) is 1.12. The monoisotopic (exact) mass is 239 g/mol. The number of hydrogen-bond donors (Lipinski definition) is 0. The highest BCUT2D eigenvalue weighted by molar-refractivity contribution is 6.32. The molecule has 0 spiro atoms. The molecule has 0 heterocycles. The van der Waals surface area contributed by atoms with E-state index in [4.69, 9.17) is 26.3 Å². The van der Waals surface area contributed by atoms with Gasteiger partial charge in [-0.3, -0.25) is 0 Å². The van der Waals surface area contributed by atoms with Crippen molar-refractivity contribution in [2.24, 2.45) is 0 Å². The first-order chi connectivity index (χ1) is 7.63. The number of benzene rings is 1. The fraction of sp³-hybridized carbons (Fsp3) is 0.417. The number of nitriles is 1. The Morgan fingerprint density at radius 2 is 2.12 bits per heavy atom. The molecule has 0 aliphatic rings. The summed E-state index contributed by atoms with van der Waals surface area (Å²) in [5, 5.41) is 9.11. The highest BCUT2D eigenvalue weighted by Gasteiger charge is 2.03. The summed E-state index contributed by atoms with van der Waals surface area (Å²) in [6.45, 7) is 4.90. The largest absolute Gasteiger partial charge is 0.490 e. The average Bonchev–Trinajstić information content (AvgIpc) is 2.25. The maximum Gasteiger partial charge on any atom is 0.138 e. The van der Waals surface area contributed by atoms with Gasteiger partial charge in [0.1, 0.15) is 12.4 Å². The second-order valence-electron chi connectivity index (χ2n) is 3.53. The maximum absolute atomic E-state index is 8.66. The first kappa shape index (κ1) is 12.8. The molecule has 0 atom stereocenters. The van der Waals surface area contributed by atoms with E-state index in [1.807, 2.05) is 19.9 Å². The first-order valence-corrected chi connectivity index (χ1v) is 5.45. The molecule has 3 nitrogen and oxygen atoms in total. The van der Waals surface area contributed by atoms with Gasteiger partial charge in [0.15, 0.2) is 0 Å². The van der Waals surface area contributed by atoms with Crippen LogP contribution >= 0.6 is 11.6 Å². The highest BCUT2D eigenvalue weighted by Crippen LogP contribution is 2.24. The van der Waals surface area contributed by atoms with Crippen molar-refractivity contribution in [3.05, 3.63) is 28.8 Å². The molecule has 0 radical (unpaired) electrons. The minimum Gasteiger partial charge on any atom is -0.490 e. The molecule has 0 aliphatic heterocycles. The van der Waals surface area contributed by atoms with Crippen LogP contribution in [-0.4, -0.2) is 19.3 Å². The zero-order valence-corrected chi connectivity index (χ0v) is 10.1. The van der Waals surface area contributed by atoms with Crippen LogP contribution < -0.4 is 4.74 Å². The second-order valence-corrected chi connectivity index (χ2v) is 3.93. The molecular formula is C12H14ClNO2. The molecule has 0 aromatic heterocycles. The van der Waals surface area contributed by atoms with Crippen molar-refractivity contribution in [2.75, 3.05) is 13.2 Å². The van der Waals surface area contributed by atoms with Crippen molar-refractivity contribution in [3.63, 3.8) is 0 Å². The summed E-state index contributed by atoms with van der Waals surface area (Å²) >= 11 is 5.93. The maximum atomic E-state index is 8.66. The number of halogens is 1. The van der Waals surface area contributed by atoms with Gasteiger partial charge in [0.2, 0.25) is 0 Å². The molecule has 4 heteroatoms. The van der Waals surface area contributed by atoms with Crippen LogP contribution in [0.4, 0.5) is 0 Å². The van der Waals surface area contributed by atoms with Gasteiger partial charge in [-0.25, -0.2) is 0 Å². The van der Waals surface area contributed by atoms with Gasteiger partial charge >= 0.3 is 0 Å². The lowest BCUT2D eigenvalue weighted by atomic mass is 10.2. The summed E-state index contributed by atoms with van der Waals surface area (Å²) in [4.78, 5) is 0. The molecule has 1 rings (SSSR count). The Labute approximate surface area is 101 Å². The molecule has 0 amide bonds. The lowest BCUT2D eigenvalue weighted by Gasteiger charge is -2.10. The average molecular weight is 240 g/mol. The Hall–Kier alpha value is -1.24. The molecule has 1 aromatic rings. The van der Waals surface area contributed by atoms with Crippen LogP contribution in [0.25, 0.3) is 0 Å². The van der Waals surface area contributed by atoms with Gasteiger partial charge in [-0.15, -0.1) is 0 Å². The van der Waals surface area contributed by atoms with Crippen molar-refractivity contribution < 1.29 is 9.47 Å². The third-order valence-electron chi connectivity index (χ3n) is 1.85. The van der Waals surface area contributed by atoms with Gasteiger partial charge in [0.25, 0.3) is 0 Å². The van der Waals surface area contributed by atoms with Crippen molar-refractivity contribution in [2.45, 2.75) is 20.0 Å². The van der Waals surface area contributed by atoms with E-state index in [0.717, 1.165) is 0 Å². The van der Waals surface area contributed by atoms with Gasteiger partial charge in [-0.05, 0) is 32.0 Å². The van der Waals surface area contributed by atoms with Crippen LogP contribution in [0.15, 0.2) is 18.2 Å². The predicted molar refractivity (Wildman–Crippen MR) is 62.8 cm³/mol. The topological polar surface area (TPSA) is 42.2 Å². The summed E-state index contributed by atoms with van der Waals surface area (Å²) in [6, 6.07) is 6.96. The van der Waals surface area contributed by atoms with Crippen LogP contribution in [-0.2, 0) is 4.74 Å². The fourth-order valence-corrected chi connectivity index (χ4v) is 1.36. The number of hydrogen-bond acceptors (Lipinski definition) is 3. The van der Waals surface area contributed by atoms with Crippen molar-refractivity contribution >= 4 is 11.6 Å². The van der Waals surface area contributed by atoms with E-state index in [-0.39, 0.29) is 6.10 Å². The van der Waals surface area contributed by atoms with E-state index in [1.54, 1.807) is 18.2 Å². The van der Waals surface area contributed by atoms with Gasteiger partial charge in [0, 0.05) is 0 Å². The summed E-state index contributed by atoms with van der Waals surface area (Å²) < 4.78 is 10.7. The third-order valence-corrected chi connectivity index (χ3v) is 2.15. The van der Waals surface area contributed by atoms with Gasteiger partial charge < -0.3 is 9.47 Å². The Balaban J connectivity index is 2.46. The second kappa shape index (κ2) is 6.37. The van der Waals surface area contributed by atoms with Crippen molar-refractivity contribution in [1.29, 1.82) is 5.26 Å². The molecule has 0 aliphatic carbocycles. The summed E-state index contributed by atoms with van der Waals surface area (Å²) in [6.07, 6.45) is 0.194. The standard InChI is InChI=1S/C12H14ClNO2/c1-9(2)15-5-6-16-12-4-3-10(8-14)7-11(12)13/h3-4,7,9H,5-6H2,1-2H3. The van der Waals surface area contributed by atoms with Crippen molar-refractivity contribution in [1.82, 2.24) is 0 Å². The molecule has 0 fully saturated rings. The van der Waals surface area contributed by atoms with Crippen molar-refractivity contribution in [3.8, 4) is 11.8 Å². The molecule has 0 bridgehead atoms. The number of ether oxygens (including phenoxy) is 2. The zero-order chi connectivity index (χ0) is 12.0. The van der Waals surface area contributed by atoms with E-state index < -0.39 is 0 Å². The molecule has 86 valence electrons. The Morgan fingerprint density at radius 3 is 2.69 bits per heavy atom. The van der Waals surface area contributed by atoms with Crippen LogP contribution in [0, 0.1) is 11.3 Å². The lowest BCUT2D eigenvalue weighted by Crippen LogP contribution is -2.11. The van der Waals surface area contributed by atoms with E-state index >= 15 is 0 Å². The highest BCUT2D eigenvalue weighted by atomic mass is 35.5. The number of nitrogens with zero attached hydrogens (tertiary/aromatic N) is 1. The first-order valence-electron chi connectivity index (χ1n) is 5.07. The SMILES string of the molecule is CC(C)OCCOc1ccc(C#N)cc1Cl. The quantitative estimate of drug-likeness (QED) is 0.742. The molecule has 16 heavy (non-hydrogen) atoms. The smallest absolute Gasteiger partial charge is 0.138 e. The molecule has 0 saturated carbocycles. The minimum absolute atomic E-state index is 0.194. The summed E-state index contributed by atoms with van der Waals surface area (Å²) in [5.41, 5.74) is 0.524. The van der Waals surface area contributed by atoms with Crippen LogP contribution in [0.3, 0.4) is 0 Å².